The van der Waals surface area contributed by atoms with E-state index in [0.717, 1.165) is 19.6 Å². The molecule has 13 heavy (non-hydrogen) atoms. The zero-order valence-corrected chi connectivity index (χ0v) is 7.79. The van der Waals surface area contributed by atoms with Gasteiger partial charge in [-0.3, -0.25) is 0 Å². The Labute approximate surface area is 79.4 Å². The van der Waals surface area contributed by atoms with Crippen molar-refractivity contribution in [3.8, 4) is 0 Å². The molecule has 0 saturated carbocycles. The van der Waals surface area contributed by atoms with E-state index in [-0.39, 0.29) is 0 Å². The average molecular weight is 176 g/mol. The minimum Gasteiger partial charge on any atom is -0.315 e. The number of nitrogens with one attached hydrogen (secondary N) is 2. The normalized spacial score (nSPS) is 23.8. The van der Waals surface area contributed by atoms with E-state index in [2.05, 4.69) is 41.0 Å². The fourth-order valence-corrected chi connectivity index (χ4v) is 1.73. The van der Waals surface area contributed by atoms with Crippen molar-refractivity contribution < 1.29 is 0 Å². The first-order valence-corrected chi connectivity index (χ1v) is 4.96. The Balaban J connectivity index is 2.06. The van der Waals surface area contributed by atoms with Crippen LogP contribution in [0.1, 0.15) is 18.0 Å². The molecule has 0 unspecified atom stereocenters. The van der Waals surface area contributed by atoms with Crippen LogP contribution in [0.3, 0.4) is 0 Å². The van der Waals surface area contributed by atoms with Gasteiger partial charge in [0.15, 0.2) is 0 Å². The second kappa shape index (κ2) is 4.40. The fourth-order valence-electron chi connectivity index (χ4n) is 1.73. The van der Waals surface area contributed by atoms with Crippen LogP contribution in [0.25, 0.3) is 0 Å². The zero-order valence-electron chi connectivity index (χ0n) is 7.79. The molecule has 2 heteroatoms. The molecular formula is C11H16N2. The minimum atomic E-state index is 0.490. The largest absolute Gasteiger partial charge is 0.315 e. The van der Waals surface area contributed by atoms with Crippen LogP contribution >= 0.6 is 0 Å². The van der Waals surface area contributed by atoms with Gasteiger partial charge in [0.1, 0.15) is 0 Å². The minimum absolute atomic E-state index is 0.490. The lowest BCUT2D eigenvalue weighted by molar-refractivity contribution is 0.553. The Morgan fingerprint density at radius 1 is 1.08 bits per heavy atom. The monoisotopic (exact) mass is 176 g/mol. The molecule has 0 aliphatic carbocycles. The van der Waals surface area contributed by atoms with Crippen molar-refractivity contribution in [3.05, 3.63) is 35.9 Å². The molecule has 1 aliphatic heterocycles. The maximum absolute atomic E-state index is 3.54. The molecule has 1 atom stereocenters. The number of rotatable bonds is 1. The maximum Gasteiger partial charge on any atom is 0.0446 e. The summed E-state index contributed by atoms with van der Waals surface area (Å²) in [6.07, 6.45) is 1.23. The molecule has 0 bridgehead atoms. The summed E-state index contributed by atoms with van der Waals surface area (Å²) in [5.74, 6) is 0. The molecule has 0 radical (unpaired) electrons. The van der Waals surface area contributed by atoms with E-state index < -0.39 is 0 Å². The van der Waals surface area contributed by atoms with Gasteiger partial charge in [-0.2, -0.15) is 0 Å². The van der Waals surface area contributed by atoms with Crippen molar-refractivity contribution in [2.24, 2.45) is 0 Å². The third kappa shape index (κ3) is 2.29. The van der Waals surface area contributed by atoms with Gasteiger partial charge in [0.05, 0.1) is 0 Å². The average Bonchev–Trinajstić information content (AvgIpc) is 2.47. The SMILES string of the molecule is c1ccc([C@H]2CNCCCN2)cc1. The molecule has 1 fully saturated rings. The molecule has 2 rings (SSSR count). The highest BCUT2D eigenvalue weighted by Gasteiger charge is 2.11. The van der Waals surface area contributed by atoms with Crippen molar-refractivity contribution in [2.75, 3.05) is 19.6 Å². The predicted octanol–water partition coefficient (Wildman–Crippen LogP) is 1.31. The van der Waals surface area contributed by atoms with Crippen LogP contribution in [0.4, 0.5) is 0 Å². The lowest BCUT2D eigenvalue weighted by atomic mass is 10.1. The van der Waals surface area contributed by atoms with Crippen LogP contribution in [0.15, 0.2) is 30.3 Å². The predicted molar refractivity (Wildman–Crippen MR) is 54.7 cm³/mol. The smallest absolute Gasteiger partial charge is 0.0446 e. The van der Waals surface area contributed by atoms with E-state index in [1.54, 1.807) is 0 Å². The molecule has 0 spiro atoms. The molecule has 1 aliphatic rings. The van der Waals surface area contributed by atoms with Gasteiger partial charge < -0.3 is 10.6 Å². The summed E-state index contributed by atoms with van der Waals surface area (Å²) in [6.45, 7) is 3.30. The van der Waals surface area contributed by atoms with E-state index in [1.165, 1.54) is 12.0 Å². The van der Waals surface area contributed by atoms with Crippen molar-refractivity contribution in [1.82, 2.24) is 10.6 Å². The Hall–Kier alpha value is -0.860. The highest BCUT2D eigenvalue weighted by molar-refractivity contribution is 5.19. The van der Waals surface area contributed by atoms with Gasteiger partial charge in [-0.1, -0.05) is 30.3 Å². The first-order valence-electron chi connectivity index (χ1n) is 4.96. The van der Waals surface area contributed by atoms with Crippen LogP contribution < -0.4 is 10.6 Å². The summed E-state index contributed by atoms with van der Waals surface area (Å²) in [7, 11) is 0. The zero-order chi connectivity index (χ0) is 8.93. The van der Waals surface area contributed by atoms with Gasteiger partial charge >= 0.3 is 0 Å². The Morgan fingerprint density at radius 2 is 1.92 bits per heavy atom. The standard InChI is InChI=1S/C11H16N2/c1-2-5-10(6-3-1)11-9-12-7-4-8-13-11/h1-3,5-6,11-13H,4,7-9H2/t11-/m1/s1. The van der Waals surface area contributed by atoms with Crippen molar-refractivity contribution >= 4 is 0 Å². The summed E-state index contributed by atoms with van der Waals surface area (Å²) in [4.78, 5) is 0. The van der Waals surface area contributed by atoms with Gasteiger partial charge in [-0.15, -0.1) is 0 Å². The lowest BCUT2D eigenvalue weighted by Crippen LogP contribution is -2.27. The van der Waals surface area contributed by atoms with Gasteiger partial charge in [-0.05, 0) is 25.1 Å². The molecule has 1 aromatic carbocycles. The quantitative estimate of drug-likeness (QED) is 0.674. The highest BCUT2D eigenvalue weighted by atomic mass is 15.0. The van der Waals surface area contributed by atoms with Crippen LogP contribution in [-0.4, -0.2) is 19.6 Å². The molecule has 1 saturated heterocycles. The Kier molecular flexibility index (Phi) is 2.95. The fraction of sp³-hybridized carbons (Fsp3) is 0.455. The Morgan fingerprint density at radius 3 is 2.77 bits per heavy atom. The topological polar surface area (TPSA) is 24.1 Å². The molecule has 0 aromatic heterocycles. The highest BCUT2D eigenvalue weighted by Crippen LogP contribution is 2.12. The van der Waals surface area contributed by atoms with Crippen molar-refractivity contribution in [1.29, 1.82) is 0 Å². The first-order chi connectivity index (χ1) is 6.47. The van der Waals surface area contributed by atoms with Crippen molar-refractivity contribution in [2.45, 2.75) is 12.5 Å². The van der Waals surface area contributed by atoms with Crippen LogP contribution in [0.2, 0.25) is 0 Å². The van der Waals surface area contributed by atoms with E-state index in [1.807, 2.05) is 0 Å². The molecule has 2 N–H and O–H groups in total. The second-order valence-electron chi connectivity index (χ2n) is 3.48. The second-order valence-corrected chi connectivity index (χ2v) is 3.48. The summed E-state index contributed by atoms with van der Waals surface area (Å²) in [5, 5.41) is 6.97. The van der Waals surface area contributed by atoms with Crippen molar-refractivity contribution in [3.63, 3.8) is 0 Å². The first kappa shape index (κ1) is 8.73. The van der Waals surface area contributed by atoms with Crippen LogP contribution in [0, 0.1) is 0 Å². The summed E-state index contributed by atoms with van der Waals surface area (Å²) in [6, 6.07) is 11.1. The van der Waals surface area contributed by atoms with Crippen LogP contribution in [-0.2, 0) is 0 Å². The molecular weight excluding hydrogens is 160 g/mol. The van der Waals surface area contributed by atoms with E-state index in [4.69, 9.17) is 0 Å². The number of hydrogen-bond acceptors (Lipinski definition) is 2. The van der Waals surface area contributed by atoms with Crippen LogP contribution in [0.5, 0.6) is 0 Å². The van der Waals surface area contributed by atoms with E-state index in [0.29, 0.717) is 6.04 Å². The Bertz CT molecular complexity index is 238. The number of hydrogen-bond donors (Lipinski definition) is 2. The van der Waals surface area contributed by atoms with Gasteiger partial charge in [0.2, 0.25) is 0 Å². The molecule has 2 nitrogen and oxygen atoms in total. The molecule has 70 valence electrons. The third-order valence-corrected chi connectivity index (χ3v) is 2.47. The molecule has 1 aromatic rings. The third-order valence-electron chi connectivity index (χ3n) is 2.47. The lowest BCUT2D eigenvalue weighted by Gasteiger charge is -2.15. The molecule has 1 heterocycles. The van der Waals surface area contributed by atoms with Gasteiger partial charge in [-0.25, -0.2) is 0 Å². The number of benzene rings is 1. The van der Waals surface area contributed by atoms with E-state index in [9.17, 15) is 0 Å². The van der Waals surface area contributed by atoms with Gasteiger partial charge in [0, 0.05) is 12.6 Å². The summed E-state index contributed by atoms with van der Waals surface area (Å²) in [5.41, 5.74) is 1.39. The van der Waals surface area contributed by atoms with Gasteiger partial charge in [0.25, 0.3) is 0 Å². The molecule has 0 amide bonds. The summed E-state index contributed by atoms with van der Waals surface area (Å²) >= 11 is 0. The van der Waals surface area contributed by atoms with E-state index >= 15 is 0 Å². The maximum atomic E-state index is 3.54. The summed E-state index contributed by atoms with van der Waals surface area (Å²) < 4.78 is 0.